The van der Waals surface area contributed by atoms with Crippen molar-refractivity contribution in [3.63, 3.8) is 0 Å². The van der Waals surface area contributed by atoms with Gasteiger partial charge in [0.15, 0.2) is 0 Å². The summed E-state index contributed by atoms with van der Waals surface area (Å²) in [6.45, 7) is 2.51. The van der Waals surface area contributed by atoms with Gasteiger partial charge in [-0.2, -0.15) is 0 Å². The SMILES string of the molecule is COc1ccccc1N1CC[C@@H](N[C@H](C)c2cncc(F)c2)C1=O. The highest BCUT2D eigenvalue weighted by Crippen LogP contribution is 2.31. The van der Waals surface area contributed by atoms with Gasteiger partial charge < -0.3 is 9.64 Å². The largest absolute Gasteiger partial charge is 0.495 e. The number of ether oxygens (including phenoxy) is 1. The lowest BCUT2D eigenvalue weighted by molar-refractivity contribution is -0.119. The first kappa shape index (κ1) is 16.4. The van der Waals surface area contributed by atoms with Crippen LogP contribution in [0.15, 0.2) is 42.7 Å². The van der Waals surface area contributed by atoms with Gasteiger partial charge in [-0.05, 0) is 37.1 Å². The first-order chi connectivity index (χ1) is 11.6. The Labute approximate surface area is 140 Å². The van der Waals surface area contributed by atoms with E-state index in [4.69, 9.17) is 4.74 Å². The molecule has 2 atom stereocenters. The molecule has 0 aliphatic carbocycles. The van der Waals surface area contributed by atoms with Crippen LogP contribution in [0, 0.1) is 5.82 Å². The van der Waals surface area contributed by atoms with Crippen LogP contribution >= 0.6 is 0 Å². The van der Waals surface area contributed by atoms with Gasteiger partial charge in [0.05, 0.1) is 25.0 Å². The number of carbonyl (C=O) groups excluding carboxylic acids is 1. The quantitative estimate of drug-likeness (QED) is 0.916. The standard InChI is InChI=1S/C18H20FN3O2/c1-12(13-9-14(19)11-20-10-13)21-15-7-8-22(18(15)23)16-5-3-4-6-17(16)24-2/h3-6,9-12,15,21H,7-8H2,1-2H3/t12-,15-/m1/s1. The third kappa shape index (κ3) is 3.23. The van der Waals surface area contributed by atoms with Gasteiger partial charge in [-0.15, -0.1) is 0 Å². The summed E-state index contributed by atoms with van der Waals surface area (Å²) in [5, 5.41) is 3.27. The number of pyridine rings is 1. The van der Waals surface area contributed by atoms with Gasteiger partial charge in [0.2, 0.25) is 5.91 Å². The highest BCUT2D eigenvalue weighted by Gasteiger charge is 2.34. The Morgan fingerprint density at radius 1 is 1.38 bits per heavy atom. The molecule has 1 amide bonds. The number of hydrogen-bond acceptors (Lipinski definition) is 4. The summed E-state index contributed by atoms with van der Waals surface area (Å²) in [5.41, 5.74) is 1.49. The van der Waals surface area contributed by atoms with Crippen molar-refractivity contribution >= 4 is 11.6 Å². The van der Waals surface area contributed by atoms with Crippen LogP contribution in [0.2, 0.25) is 0 Å². The lowest BCUT2D eigenvalue weighted by atomic mass is 10.1. The number of carbonyl (C=O) groups is 1. The van der Waals surface area contributed by atoms with Crippen molar-refractivity contribution in [1.82, 2.24) is 10.3 Å². The molecule has 1 aromatic carbocycles. The second-order valence-corrected chi connectivity index (χ2v) is 5.83. The third-order valence-corrected chi connectivity index (χ3v) is 4.26. The molecule has 1 aliphatic heterocycles. The lowest BCUT2D eigenvalue weighted by Gasteiger charge is -2.21. The van der Waals surface area contributed by atoms with Gasteiger partial charge in [-0.25, -0.2) is 4.39 Å². The van der Waals surface area contributed by atoms with Gasteiger partial charge in [0.25, 0.3) is 0 Å². The smallest absolute Gasteiger partial charge is 0.244 e. The number of benzene rings is 1. The maximum Gasteiger partial charge on any atom is 0.244 e. The summed E-state index contributed by atoms with van der Waals surface area (Å²) >= 11 is 0. The Hall–Kier alpha value is -2.47. The summed E-state index contributed by atoms with van der Waals surface area (Å²) in [6.07, 6.45) is 3.46. The van der Waals surface area contributed by atoms with Gasteiger partial charge in [-0.1, -0.05) is 12.1 Å². The maximum absolute atomic E-state index is 13.3. The molecule has 0 radical (unpaired) electrons. The van der Waals surface area contributed by atoms with Gasteiger partial charge >= 0.3 is 0 Å². The van der Waals surface area contributed by atoms with E-state index in [-0.39, 0.29) is 23.8 Å². The molecule has 6 heteroatoms. The monoisotopic (exact) mass is 329 g/mol. The lowest BCUT2D eigenvalue weighted by Crippen LogP contribution is -2.39. The Morgan fingerprint density at radius 3 is 2.92 bits per heavy atom. The summed E-state index contributed by atoms with van der Waals surface area (Å²) in [7, 11) is 1.59. The van der Waals surface area contributed by atoms with Crippen molar-refractivity contribution in [2.75, 3.05) is 18.6 Å². The summed E-state index contributed by atoms with van der Waals surface area (Å²) in [5.74, 6) is 0.291. The second-order valence-electron chi connectivity index (χ2n) is 5.83. The fraction of sp³-hybridized carbons (Fsp3) is 0.333. The second kappa shape index (κ2) is 6.97. The van der Waals surface area contributed by atoms with Crippen molar-refractivity contribution in [2.45, 2.75) is 25.4 Å². The van der Waals surface area contributed by atoms with Crippen LogP contribution < -0.4 is 15.0 Å². The molecule has 3 rings (SSSR count). The Balaban J connectivity index is 1.72. The average molecular weight is 329 g/mol. The van der Waals surface area contributed by atoms with Crippen molar-refractivity contribution < 1.29 is 13.9 Å². The van der Waals surface area contributed by atoms with E-state index in [0.29, 0.717) is 18.7 Å². The van der Waals surface area contributed by atoms with E-state index in [1.807, 2.05) is 31.2 Å². The zero-order valence-corrected chi connectivity index (χ0v) is 13.7. The van der Waals surface area contributed by atoms with Crippen LogP contribution in [-0.4, -0.2) is 30.6 Å². The van der Waals surface area contributed by atoms with Crippen LogP contribution in [0.3, 0.4) is 0 Å². The summed E-state index contributed by atoms with van der Waals surface area (Å²) in [4.78, 5) is 18.3. The van der Waals surface area contributed by atoms with Crippen LogP contribution in [0.1, 0.15) is 24.9 Å². The first-order valence-corrected chi connectivity index (χ1v) is 7.91. The van der Waals surface area contributed by atoms with E-state index in [2.05, 4.69) is 10.3 Å². The number of amides is 1. The fourth-order valence-electron chi connectivity index (χ4n) is 2.99. The predicted octanol–water partition coefficient (Wildman–Crippen LogP) is 2.69. The topological polar surface area (TPSA) is 54.5 Å². The number of para-hydroxylation sites is 2. The highest BCUT2D eigenvalue weighted by molar-refractivity contribution is 6.00. The zero-order valence-electron chi connectivity index (χ0n) is 13.7. The highest BCUT2D eigenvalue weighted by atomic mass is 19.1. The zero-order chi connectivity index (χ0) is 17.1. The minimum atomic E-state index is -0.380. The minimum Gasteiger partial charge on any atom is -0.495 e. The van der Waals surface area contributed by atoms with Crippen molar-refractivity contribution in [3.05, 3.63) is 54.1 Å². The molecule has 0 unspecified atom stereocenters. The molecule has 1 fully saturated rings. The molecule has 2 aromatic rings. The van der Waals surface area contributed by atoms with E-state index in [9.17, 15) is 9.18 Å². The molecule has 0 bridgehead atoms. The molecule has 126 valence electrons. The Morgan fingerprint density at radius 2 is 2.17 bits per heavy atom. The number of aromatic nitrogens is 1. The van der Waals surface area contributed by atoms with Gasteiger partial charge in [-0.3, -0.25) is 15.1 Å². The van der Waals surface area contributed by atoms with Gasteiger partial charge in [0, 0.05) is 18.8 Å². The molecule has 2 heterocycles. The van der Waals surface area contributed by atoms with Crippen LogP contribution in [0.4, 0.5) is 10.1 Å². The molecule has 24 heavy (non-hydrogen) atoms. The van der Waals surface area contributed by atoms with E-state index < -0.39 is 0 Å². The minimum absolute atomic E-state index is 0.00397. The molecule has 1 N–H and O–H groups in total. The summed E-state index contributed by atoms with van der Waals surface area (Å²) in [6, 6.07) is 8.42. The molecule has 1 saturated heterocycles. The van der Waals surface area contributed by atoms with E-state index in [1.165, 1.54) is 12.3 Å². The molecule has 5 nitrogen and oxygen atoms in total. The average Bonchev–Trinajstić information content (AvgIpc) is 2.95. The predicted molar refractivity (Wildman–Crippen MR) is 89.5 cm³/mol. The molecule has 0 spiro atoms. The van der Waals surface area contributed by atoms with Crippen LogP contribution in [0.25, 0.3) is 0 Å². The molecule has 1 aromatic heterocycles. The molecule has 1 aliphatic rings. The van der Waals surface area contributed by atoms with Crippen molar-refractivity contribution in [2.24, 2.45) is 0 Å². The third-order valence-electron chi connectivity index (χ3n) is 4.26. The molecule has 0 saturated carbocycles. The van der Waals surface area contributed by atoms with E-state index >= 15 is 0 Å². The van der Waals surface area contributed by atoms with Crippen LogP contribution in [-0.2, 0) is 4.79 Å². The number of halogens is 1. The maximum atomic E-state index is 13.3. The fourth-order valence-corrected chi connectivity index (χ4v) is 2.99. The Kier molecular flexibility index (Phi) is 4.76. The number of hydrogen-bond donors (Lipinski definition) is 1. The Bertz CT molecular complexity index is 738. The number of nitrogens with one attached hydrogen (secondary N) is 1. The number of methoxy groups -OCH3 is 1. The van der Waals surface area contributed by atoms with E-state index in [1.54, 1.807) is 18.2 Å². The van der Waals surface area contributed by atoms with Crippen LogP contribution in [0.5, 0.6) is 5.75 Å². The van der Waals surface area contributed by atoms with Crippen molar-refractivity contribution in [3.8, 4) is 5.75 Å². The van der Waals surface area contributed by atoms with Crippen molar-refractivity contribution in [1.29, 1.82) is 0 Å². The number of rotatable bonds is 5. The molecular weight excluding hydrogens is 309 g/mol. The number of nitrogens with zero attached hydrogens (tertiary/aromatic N) is 2. The first-order valence-electron chi connectivity index (χ1n) is 7.91. The van der Waals surface area contributed by atoms with Gasteiger partial charge in [0.1, 0.15) is 11.6 Å². The number of anilines is 1. The van der Waals surface area contributed by atoms with E-state index in [0.717, 1.165) is 11.3 Å². The summed E-state index contributed by atoms with van der Waals surface area (Å²) < 4.78 is 18.6. The normalized spacial score (nSPS) is 18.7. The molecular formula is C18H20FN3O2.